The number of rotatable bonds is 8. The molecule has 0 aromatic heterocycles. The molecule has 0 heterocycles. The molecule has 0 bridgehead atoms. The zero-order valence-electron chi connectivity index (χ0n) is 11.6. The van der Waals surface area contributed by atoms with Crippen molar-refractivity contribution in [3.8, 4) is 0 Å². The molecule has 0 unspecified atom stereocenters. The van der Waals surface area contributed by atoms with E-state index in [1.165, 1.54) is 13.2 Å². The highest BCUT2D eigenvalue weighted by Crippen LogP contribution is 2.36. The van der Waals surface area contributed by atoms with Gasteiger partial charge in [0.05, 0.1) is 36.8 Å². The van der Waals surface area contributed by atoms with Crippen LogP contribution in [-0.4, -0.2) is 41.1 Å². The average molecular weight is 362 g/mol. The molecule has 0 aliphatic heterocycles. The van der Waals surface area contributed by atoms with E-state index < -0.39 is 33.2 Å². The van der Waals surface area contributed by atoms with E-state index in [0.29, 0.717) is 12.7 Å². The van der Waals surface area contributed by atoms with Crippen LogP contribution in [0.5, 0.6) is 0 Å². The van der Waals surface area contributed by atoms with E-state index in [-0.39, 0.29) is 18.2 Å². The topological polar surface area (TPSA) is 64.6 Å². The Hall–Kier alpha value is -1.03. The van der Waals surface area contributed by atoms with Gasteiger partial charge >= 0.3 is 6.18 Å². The fourth-order valence-electron chi connectivity index (χ4n) is 1.47. The van der Waals surface area contributed by atoms with Gasteiger partial charge in [0.1, 0.15) is 0 Å². The fourth-order valence-corrected chi connectivity index (χ4v) is 2.60. The van der Waals surface area contributed by atoms with Crippen LogP contribution in [0.4, 0.5) is 18.9 Å². The van der Waals surface area contributed by atoms with Crippen molar-refractivity contribution in [2.45, 2.75) is 6.18 Å². The molecular formula is C12H15ClF3NO4S. The summed E-state index contributed by atoms with van der Waals surface area (Å²) in [5.74, 6) is -0.476. The standard InChI is InChI=1S/C12H15ClF3NO4S/c1-20-4-5-21-6-7-22(18,19)17-11-3-2-9(13)8-10(11)12(14,15)16/h2-3,8,17H,4-7H2,1H3. The third-order valence-corrected chi connectivity index (χ3v) is 3.95. The Morgan fingerprint density at radius 2 is 1.91 bits per heavy atom. The summed E-state index contributed by atoms with van der Waals surface area (Å²) >= 11 is 5.52. The third kappa shape index (κ3) is 6.39. The number of hydrogen-bond acceptors (Lipinski definition) is 4. The molecule has 5 nitrogen and oxygen atoms in total. The second-order valence-electron chi connectivity index (χ2n) is 4.21. The van der Waals surface area contributed by atoms with E-state index in [0.717, 1.165) is 6.07 Å². The first kappa shape index (κ1) is 19.0. The van der Waals surface area contributed by atoms with Gasteiger partial charge in [0, 0.05) is 12.1 Å². The zero-order chi connectivity index (χ0) is 16.8. The van der Waals surface area contributed by atoms with Gasteiger partial charge in [-0.3, -0.25) is 4.72 Å². The van der Waals surface area contributed by atoms with Gasteiger partial charge in [0.2, 0.25) is 10.0 Å². The predicted molar refractivity (Wildman–Crippen MR) is 76.6 cm³/mol. The minimum Gasteiger partial charge on any atom is -0.382 e. The van der Waals surface area contributed by atoms with Gasteiger partial charge in [-0.05, 0) is 18.2 Å². The van der Waals surface area contributed by atoms with Crippen LogP contribution in [0.15, 0.2) is 18.2 Å². The van der Waals surface area contributed by atoms with Crippen molar-refractivity contribution in [1.82, 2.24) is 0 Å². The maximum Gasteiger partial charge on any atom is 0.418 e. The second kappa shape index (κ2) is 8.00. The molecule has 1 aromatic rings. The number of nitrogens with one attached hydrogen (secondary N) is 1. The molecule has 0 saturated heterocycles. The Bertz CT molecular complexity index is 593. The number of halogens is 4. The molecule has 0 aliphatic rings. The van der Waals surface area contributed by atoms with Crippen molar-refractivity contribution in [1.29, 1.82) is 0 Å². The summed E-state index contributed by atoms with van der Waals surface area (Å²) in [6.07, 6.45) is -4.72. The maximum absolute atomic E-state index is 12.9. The van der Waals surface area contributed by atoms with Crippen LogP contribution in [0.2, 0.25) is 5.02 Å². The van der Waals surface area contributed by atoms with Gasteiger partial charge in [0.25, 0.3) is 0 Å². The highest BCUT2D eigenvalue weighted by molar-refractivity contribution is 7.92. The van der Waals surface area contributed by atoms with Crippen molar-refractivity contribution in [3.63, 3.8) is 0 Å². The Balaban J connectivity index is 2.77. The smallest absolute Gasteiger partial charge is 0.382 e. The minimum atomic E-state index is -4.72. The molecule has 1 aromatic carbocycles. The minimum absolute atomic E-state index is 0.141. The number of alkyl halides is 3. The average Bonchev–Trinajstić information content (AvgIpc) is 2.39. The quantitative estimate of drug-likeness (QED) is 0.723. The number of ether oxygens (including phenoxy) is 2. The fraction of sp³-hybridized carbons (Fsp3) is 0.500. The summed E-state index contributed by atoms with van der Waals surface area (Å²) in [4.78, 5) is 0. The van der Waals surface area contributed by atoms with Crippen molar-refractivity contribution in [3.05, 3.63) is 28.8 Å². The molecule has 1 rings (SSSR count). The Kier molecular flexibility index (Phi) is 6.92. The lowest BCUT2D eigenvalue weighted by Crippen LogP contribution is -2.22. The number of anilines is 1. The molecule has 0 aliphatic carbocycles. The van der Waals surface area contributed by atoms with Gasteiger partial charge in [-0.25, -0.2) is 8.42 Å². The number of benzene rings is 1. The van der Waals surface area contributed by atoms with Crippen molar-refractivity contribution >= 4 is 27.3 Å². The molecule has 0 atom stereocenters. The van der Waals surface area contributed by atoms with Crippen LogP contribution in [-0.2, 0) is 25.7 Å². The second-order valence-corrected chi connectivity index (χ2v) is 6.49. The van der Waals surface area contributed by atoms with Gasteiger partial charge in [0.15, 0.2) is 0 Å². The summed E-state index contributed by atoms with van der Waals surface area (Å²) in [6.45, 7) is 0.331. The number of sulfonamides is 1. The Morgan fingerprint density at radius 3 is 2.50 bits per heavy atom. The molecule has 1 N–H and O–H groups in total. The predicted octanol–water partition coefficient (Wildman–Crippen LogP) is 2.76. The van der Waals surface area contributed by atoms with Gasteiger partial charge < -0.3 is 9.47 Å². The molecule has 126 valence electrons. The SMILES string of the molecule is COCCOCCS(=O)(=O)Nc1ccc(Cl)cc1C(F)(F)F. The lowest BCUT2D eigenvalue weighted by molar-refractivity contribution is -0.136. The first-order chi connectivity index (χ1) is 10.2. The molecule has 0 amide bonds. The largest absolute Gasteiger partial charge is 0.418 e. The maximum atomic E-state index is 12.9. The van der Waals surface area contributed by atoms with Gasteiger partial charge in [-0.1, -0.05) is 11.6 Å². The van der Waals surface area contributed by atoms with E-state index in [1.54, 1.807) is 0 Å². The molecule has 0 spiro atoms. The van der Waals surface area contributed by atoms with Crippen LogP contribution in [0.25, 0.3) is 0 Å². The van der Waals surface area contributed by atoms with E-state index >= 15 is 0 Å². The lowest BCUT2D eigenvalue weighted by atomic mass is 10.2. The van der Waals surface area contributed by atoms with E-state index in [9.17, 15) is 21.6 Å². The molecule has 0 fully saturated rings. The molecular weight excluding hydrogens is 347 g/mol. The highest BCUT2D eigenvalue weighted by atomic mass is 35.5. The number of hydrogen-bond donors (Lipinski definition) is 1. The summed E-state index contributed by atoms with van der Waals surface area (Å²) in [7, 11) is -2.52. The Labute approximate surface area is 131 Å². The lowest BCUT2D eigenvalue weighted by Gasteiger charge is -2.15. The molecule has 22 heavy (non-hydrogen) atoms. The normalized spacial score (nSPS) is 12.4. The van der Waals surface area contributed by atoms with Crippen LogP contribution in [0.1, 0.15) is 5.56 Å². The first-order valence-corrected chi connectivity index (χ1v) is 8.12. The molecule has 10 heteroatoms. The van der Waals surface area contributed by atoms with Crippen molar-refractivity contribution in [2.24, 2.45) is 0 Å². The van der Waals surface area contributed by atoms with Crippen LogP contribution >= 0.6 is 11.6 Å². The molecule has 0 saturated carbocycles. The van der Waals surface area contributed by atoms with Crippen molar-refractivity contribution in [2.75, 3.05) is 37.4 Å². The summed E-state index contributed by atoms with van der Waals surface area (Å²) in [6, 6.07) is 2.80. The third-order valence-electron chi connectivity index (χ3n) is 2.48. The molecule has 0 radical (unpaired) electrons. The zero-order valence-corrected chi connectivity index (χ0v) is 13.2. The van der Waals surface area contributed by atoms with Gasteiger partial charge in [-0.15, -0.1) is 0 Å². The summed E-state index contributed by atoms with van der Waals surface area (Å²) < 4.78 is 73.7. The van der Waals surface area contributed by atoms with E-state index in [1.807, 2.05) is 4.72 Å². The highest BCUT2D eigenvalue weighted by Gasteiger charge is 2.34. The summed E-state index contributed by atoms with van der Waals surface area (Å²) in [5, 5.41) is -0.141. The first-order valence-electron chi connectivity index (χ1n) is 6.09. The van der Waals surface area contributed by atoms with Crippen LogP contribution < -0.4 is 4.72 Å². The van der Waals surface area contributed by atoms with Gasteiger partial charge in [-0.2, -0.15) is 13.2 Å². The van der Waals surface area contributed by atoms with Crippen LogP contribution in [0.3, 0.4) is 0 Å². The van der Waals surface area contributed by atoms with E-state index in [4.69, 9.17) is 21.1 Å². The van der Waals surface area contributed by atoms with Crippen LogP contribution in [0, 0.1) is 0 Å². The Morgan fingerprint density at radius 1 is 1.23 bits per heavy atom. The summed E-state index contributed by atoms with van der Waals surface area (Å²) in [5.41, 5.74) is -1.72. The van der Waals surface area contributed by atoms with Crippen molar-refractivity contribution < 1.29 is 31.1 Å². The number of methoxy groups -OCH3 is 1. The monoisotopic (exact) mass is 361 g/mol. The van der Waals surface area contributed by atoms with E-state index in [2.05, 4.69) is 0 Å².